The molecule has 0 saturated carbocycles. The topological polar surface area (TPSA) is 137 Å². The Kier molecular flexibility index (Phi) is 16.7. The molecule has 18 heteroatoms. The smallest absolute Gasteiger partial charge is 0.399 e. The van der Waals surface area contributed by atoms with Gasteiger partial charge in [0.1, 0.15) is 24.3 Å². The van der Waals surface area contributed by atoms with Gasteiger partial charge in [-0.2, -0.15) is 10.2 Å². The van der Waals surface area contributed by atoms with Gasteiger partial charge in [0.25, 0.3) is 0 Å². The molecular weight excluding hydrogens is 959 g/mol. The van der Waals surface area contributed by atoms with Gasteiger partial charge < -0.3 is 28.9 Å². The van der Waals surface area contributed by atoms with E-state index in [0.29, 0.717) is 23.5 Å². The van der Waals surface area contributed by atoms with Crippen LogP contribution in [0.4, 0.5) is 22.7 Å². The highest BCUT2D eigenvalue weighted by atomic mass is 79.9. The van der Waals surface area contributed by atoms with E-state index in [9.17, 15) is 9.59 Å². The zero-order valence-corrected chi connectivity index (χ0v) is 44.2. The minimum absolute atomic E-state index is 0. The first-order chi connectivity index (χ1) is 33.5. The Morgan fingerprint density at radius 1 is 0.549 bits per heavy atom. The first kappa shape index (κ1) is 53.1. The van der Waals surface area contributed by atoms with Crippen LogP contribution in [0, 0.1) is 11.8 Å². The van der Waals surface area contributed by atoms with E-state index in [1.165, 1.54) is 20.5 Å². The normalized spacial score (nSPS) is 17.6. The molecule has 3 saturated heterocycles. The minimum atomic E-state index is -0.344. The van der Waals surface area contributed by atoms with Crippen molar-refractivity contribution in [3.8, 4) is 11.6 Å². The number of hydrogen-bond donors (Lipinski definition) is 0. The van der Waals surface area contributed by atoms with E-state index >= 15 is 0 Å². The van der Waals surface area contributed by atoms with Crippen LogP contribution in [0.1, 0.15) is 102 Å². The van der Waals surface area contributed by atoms with E-state index in [0.717, 1.165) is 86.5 Å². The summed E-state index contributed by atoms with van der Waals surface area (Å²) in [6.07, 6.45) is 8.59. The fraction of sp³-hybridized carbons (Fsp3) is 0.509. The molecule has 2 aromatic carbocycles. The van der Waals surface area contributed by atoms with Gasteiger partial charge >= 0.3 is 18.5 Å². The number of aromatic nitrogens is 8. The molecule has 2 atom stereocenters. The van der Waals surface area contributed by atoms with E-state index < -0.39 is 0 Å². The molecule has 0 N–H and O–H groups in total. The number of anilines is 4. The van der Waals surface area contributed by atoms with Crippen molar-refractivity contribution in [2.45, 2.75) is 113 Å². The molecule has 0 bridgehead atoms. The van der Waals surface area contributed by atoms with Crippen LogP contribution >= 0.6 is 15.9 Å². The Hall–Kier alpha value is -5.72. The number of pyridine rings is 2. The Morgan fingerprint density at radius 2 is 0.887 bits per heavy atom. The summed E-state index contributed by atoms with van der Waals surface area (Å²) < 4.78 is 19.7. The molecule has 3 fully saturated rings. The number of rotatable bonds is 13. The summed E-state index contributed by atoms with van der Waals surface area (Å²) in [5.74, 6) is 1.87. The van der Waals surface area contributed by atoms with Crippen LogP contribution in [0.5, 0.6) is 0 Å². The van der Waals surface area contributed by atoms with Gasteiger partial charge in [0.15, 0.2) is 0 Å². The highest BCUT2D eigenvalue weighted by Gasteiger charge is 2.51. The lowest BCUT2D eigenvalue weighted by molar-refractivity contribution is 0.00578. The summed E-state index contributed by atoms with van der Waals surface area (Å²) in [7, 11) is -0.343. The van der Waals surface area contributed by atoms with Crippen LogP contribution in [0.2, 0.25) is 0 Å². The highest BCUT2D eigenvalue weighted by molar-refractivity contribution is 9.10. The van der Waals surface area contributed by atoms with E-state index in [1.54, 1.807) is 22.0 Å². The van der Waals surface area contributed by atoms with Crippen LogP contribution < -0.4 is 36.4 Å². The summed E-state index contributed by atoms with van der Waals surface area (Å²) in [6.45, 7) is 28.3. The van der Waals surface area contributed by atoms with Crippen LogP contribution in [-0.4, -0.2) is 109 Å². The summed E-state index contributed by atoms with van der Waals surface area (Å²) in [5.41, 5.74) is 4.66. The van der Waals surface area contributed by atoms with Crippen molar-refractivity contribution in [1.29, 1.82) is 0 Å². The van der Waals surface area contributed by atoms with E-state index in [-0.39, 0.29) is 49.2 Å². The van der Waals surface area contributed by atoms with Crippen molar-refractivity contribution in [2.75, 3.05) is 72.0 Å². The second-order valence-corrected chi connectivity index (χ2v) is 21.2. The fourth-order valence-corrected chi connectivity index (χ4v) is 9.85. The molecular formula is C53H74BBrN12O4. The second-order valence-electron chi connectivity index (χ2n) is 20.2. The van der Waals surface area contributed by atoms with Crippen molar-refractivity contribution >= 4 is 51.3 Å². The maximum Gasteiger partial charge on any atom is 0.494 e. The van der Waals surface area contributed by atoms with Gasteiger partial charge in [-0.25, -0.2) is 38.1 Å². The van der Waals surface area contributed by atoms with Crippen LogP contribution in [0.25, 0.3) is 11.6 Å². The van der Waals surface area contributed by atoms with E-state index in [4.69, 9.17) is 9.31 Å². The number of piperazine rings is 2. The molecule has 4 aromatic heterocycles. The lowest BCUT2D eigenvalue weighted by Crippen LogP contribution is -2.46. The third-order valence-electron chi connectivity index (χ3n) is 14.6. The first-order valence-corrected chi connectivity index (χ1v) is 25.7. The van der Waals surface area contributed by atoms with Gasteiger partial charge in [-0.05, 0) is 118 Å². The standard InChI is InChI=1S/C29H41BN6O3.C23H29BrN6O.CH4/c1-8-25(21(2)3)36-27(37)35(20-32-36)26-14-13-24(19-31-26)34-17-15-33(16-18-34)23-11-9-22(10-12-23)30-38-28(4,5)29(6,7)39-30;1-4-21(17(2)3)30-23(31)29(16-26-30)22-10-9-20(15-25-22)28-13-11-27(12-14-28)19-7-5-18(24)6-8-19;/h9-14,19-21,25H,8,15-18H2,1-7H3;5-10,15-17,21H,4,11-14H2,1-3H3;1H4/t25-;21-;/m00./s1. The van der Waals surface area contributed by atoms with E-state index in [2.05, 4.69) is 173 Å². The van der Waals surface area contributed by atoms with Gasteiger partial charge in [0, 0.05) is 68.2 Å². The number of nitrogens with zero attached hydrogens (tertiary/aromatic N) is 12. The van der Waals surface area contributed by atoms with Crippen molar-refractivity contribution in [3.05, 3.63) is 123 Å². The highest BCUT2D eigenvalue weighted by Crippen LogP contribution is 2.37. The lowest BCUT2D eigenvalue weighted by Gasteiger charge is -2.37. The van der Waals surface area contributed by atoms with Crippen LogP contribution in [0.3, 0.4) is 0 Å². The summed E-state index contributed by atoms with van der Waals surface area (Å²) in [4.78, 5) is 44.5. The lowest BCUT2D eigenvalue weighted by atomic mass is 9.79. The number of halogens is 1. The molecule has 6 aromatic rings. The molecule has 16 nitrogen and oxygen atoms in total. The van der Waals surface area contributed by atoms with Gasteiger partial charge in [0.2, 0.25) is 0 Å². The van der Waals surface area contributed by atoms with Crippen molar-refractivity contribution in [3.63, 3.8) is 0 Å². The third-order valence-corrected chi connectivity index (χ3v) is 15.1. The molecule has 0 unspecified atom stereocenters. The minimum Gasteiger partial charge on any atom is -0.399 e. The summed E-state index contributed by atoms with van der Waals surface area (Å²) in [5, 5.41) is 8.72. The second kappa shape index (κ2) is 22.4. The molecule has 3 aliphatic rings. The van der Waals surface area contributed by atoms with Crippen LogP contribution in [-0.2, 0) is 9.31 Å². The predicted molar refractivity (Wildman–Crippen MR) is 291 cm³/mol. The predicted octanol–water partition coefficient (Wildman–Crippen LogP) is 8.42. The number of hydrogen-bond acceptors (Lipinski definition) is 12. The van der Waals surface area contributed by atoms with Crippen molar-refractivity contribution in [2.24, 2.45) is 11.8 Å². The maximum atomic E-state index is 13.0. The van der Waals surface area contributed by atoms with Crippen molar-refractivity contribution < 1.29 is 9.31 Å². The quantitative estimate of drug-likeness (QED) is 0.103. The number of benzene rings is 2. The monoisotopic (exact) mass is 1030 g/mol. The van der Waals surface area contributed by atoms with Crippen LogP contribution in [0.15, 0.2) is 112 Å². The van der Waals surface area contributed by atoms with Gasteiger partial charge in [-0.15, -0.1) is 0 Å². The molecule has 0 aliphatic carbocycles. The zero-order chi connectivity index (χ0) is 49.9. The maximum absolute atomic E-state index is 13.0. The Bertz CT molecular complexity index is 2740. The molecule has 380 valence electrons. The molecule has 0 amide bonds. The Morgan fingerprint density at radius 3 is 1.21 bits per heavy atom. The summed E-state index contributed by atoms with van der Waals surface area (Å²) >= 11 is 3.49. The molecule has 3 aliphatic heterocycles. The van der Waals surface area contributed by atoms with Gasteiger partial charge in [-0.3, -0.25) is 0 Å². The molecule has 0 radical (unpaired) electrons. The Balaban J connectivity index is 0.000000211. The molecule has 0 spiro atoms. The molecule has 7 heterocycles. The van der Waals surface area contributed by atoms with Gasteiger partial charge in [-0.1, -0.05) is 77.0 Å². The SMILES string of the molecule is C.CC[C@@H](C(C)C)n1ncn(-c2ccc(N3CCN(c4ccc(B5OC(C)(C)C(C)(C)O5)cc4)CC3)cn2)c1=O.CC[C@@H](C(C)C)n1ncn(-c2ccc(N3CCN(c4ccc(Br)cc4)CC3)cn2)c1=O. The fourth-order valence-electron chi connectivity index (χ4n) is 9.59. The summed E-state index contributed by atoms with van der Waals surface area (Å²) in [6, 6.07) is 25.1. The zero-order valence-electron chi connectivity index (χ0n) is 42.6. The van der Waals surface area contributed by atoms with Crippen molar-refractivity contribution in [1.82, 2.24) is 38.7 Å². The van der Waals surface area contributed by atoms with E-state index in [1.807, 2.05) is 36.7 Å². The average Bonchev–Trinajstić information content (AvgIpc) is 4.00. The molecule has 71 heavy (non-hydrogen) atoms. The third kappa shape index (κ3) is 11.5. The largest absolute Gasteiger partial charge is 0.494 e. The molecule has 9 rings (SSSR count). The first-order valence-electron chi connectivity index (χ1n) is 24.9. The average molecular weight is 1030 g/mol. The Labute approximate surface area is 428 Å². The van der Waals surface area contributed by atoms with Gasteiger partial charge in [0.05, 0.1) is 47.1 Å².